The van der Waals surface area contributed by atoms with Crippen molar-refractivity contribution >= 4 is 17.5 Å². The molecule has 1 aliphatic heterocycles. The molecule has 0 saturated carbocycles. The molecule has 1 aliphatic rings. The molecule has 0 aliphatic carbocycles. The van der Waals surface area contributed by atoms with Gasteiger partial charge >= 0.3 is 0 Å². The fourth-order valence-corrected chi connectivity index (χ4v) is 2.53. The number of carbonyl (C=O) groups excluding carboxylic acids is 1. The summed E-state index contributed by atoms with van der Waals surface area (Å²) < 4.78 is 0. The van der Waals surface area contributed by atoms with E-state index in [0.29, 0.717) is 36.6 Å². The second kappa shape index (κ2) is 5.70. The van der Waals surface area contributed by atoms with Crippen LogP contribution in [0.25, 0.3) is 0 Å². The summed E-state index contributed by atoms with van der Waals surface area (Å²) >= 11 is 6.00. The van der Waals surface area contributed by atoms with E-state index in [-0.39, 0.29) is 11.8 Å². The minimum atomic E-state index is -0.657. The molecule has 20 heavy (non-hydrogen) atoms. The van der Waals surface area contributed by atoms with Crippen molar-refractivity contribution in [2.45, 2.75) is 45.1 Å². The van der Waals surface area contributed by atoms with Gasteiger partial charge < -0.3 is 10.0 Å². The third kappa shape index (κ3) is 3.49. The molecule has 0 radical (unpaired) electrons. The Balaban J connectivity index is 2.17. The van der Waals surface area contributed by atoms with Gasteiger partial charge in [-0.3, -0.25) is 4.79 Å². The van der Waals surface area contributed by atoms with Crippen LogP contribution in [0.3, 0.4) is 0 Å². The summed E-state index contributed by atoms with van der Waals surface area (Å²) in [7, 11) is 0. The summed E-state index contributed by atoms with van der Waals surface area (Å²) in [5.74, 6) is 0.189. The third-order valence-corrected chi connectivity index (χ3v) is 3.97. The molecule has 2 heterocycles. The molecule has 1 fully saturated rings. The summed E-state index contributed by atoms with van der Waals surface area (Å²) in [6, 6.07) is 3.42. The predicted molar refractivity (Wildman–Crippen MR) is 79.1 cm³/mol. The Morgan fingerprint density at radius 3 is 2.55 bits per heavy atom. The van der Waals surface area contributed by atoms with Crippen LogP contribution in [0.1, 0.15) is 55.6 Å². The van der Waals surface area contributed by atoms with E-state index < -0.39 is 5.60 Å². The lowest BCUT2D eigenvalue weighted by Gasteiger charge is -2.35. The number of likely N-dealkylation sites (tertiary alicyclic amines) is 1. The quantitative estimate of drug-likeness (QED) is 0.854. The number of pyridine rings is 1. The zero-order chi connectivity index (χ0) is 14.9. The van der Waals surface area contributed by atoms with Crippen LogP contribution < -0.4 is 0 Å². The first kappa shape index (κ1) is 15.3. The number of aliphatic hydroxyl groups is 1. The molecule has 0 spiro atoms. The molecule has 1 aromatic heterocycles. The Hall–Kier alpha value is -1.13. The molecule has 1 amide bonds. The zero-order valence-electron chi connectivity index (χ0n) is 12.2. The maximum atomic E-state index is 12.5. The fourth-order valence-electron chi connectivity index (χ4n) is 2.31. The van der Waals surface area contributed by atoms with E-state index in [4.69, 9.17) is 11.6 Å². The average molecular weight is 297 g/mol. The first-order chi connectivity index (χ1) is 9.28. The summed E-state index contributed by atoms with van der Waals surface area (Å²) in [6.07, 6.45) is 1.21. The van der Waals surface area contributed by atoms with Gasteiger partial charge in [0.1, 0.15) is 5.15 Å². The summed E-state index contributed by atoms with van der Waals surface area (Å²) in [5.41, 5.74) is 0.746. The molecule has 4 nitrogen and oxygen atoms in total. The average Bonchev–Trinajstić information content (AvgIpc) is 2.37. The number of hydrogen-bond donors (Lipinski definition) is 1. The van der Waals surface area contributed by atoms with Crippen LogP contribution in [0.15, 0.2) is 12.1 Å². The van der Waals surface area contributed by atoms with Crippen LogP contribution in [0.4, 0.5) is 0 Å². The maximum absolute atomic E-state index is 12.5. The van der Waals surface area contributed by atoms with E-state index in [1.807, 2.05) is 26.8 Å². The second-order valence-corrected chi connectivity index (χ2v) is 6.43. The smallest absolute Gasteiger partial charge is 0.254 e. The lowest BCUT2D eigenvalue weighted by molar-refractivity contribution is -0.00203. The Bertz CT molecular complexity index is 505. The molecule has 1 N–H and O–H groups in total. The molecule has 0 unspecified atom stereocenters. The highest BCUT2D eigenvalue weighted by Crippen LogP contribution is 2.24. The Labute approximate surface area is 124 Å². The van der Waals surface area contributed by atoms with Gasteiger partial charge in [0.15, 0.2) is 0 Å². The molecule has 5 heteroatoms. The van der Waals surface area contributed by atoms with Crippen molar-refractivity contribution < 1.29 is 9.90 Å². The van der Waals surface area contributed by atoms with E-state index in [1.54, 1.807) is 11.0 Å². The van der Waals surface area contributed by atoms with Crippen LogP contribution in [0.2, 0.25) is 5.15 Å². The molecule has 0 bridgehead atoms. The van der Waals surface area contributed by atoms with Gasteiger partial charge in [0.25, 0.3) is 5.91 Å². The van der Waals surface area contributed by atoms with Gasteiger partial charge in [-0.2, -0.15) is 0 Å². The van der Waals surface area contributed by atoms with Crippen molar-refractivity contribution in [3.8, 4) is 0 Å². The Morgan fingerprint density at radius 1 is 1.40 bits per heavy atom. The van der Waals surface area contributed by atoms with E-state index in [2.05, 4.69) is 4.98 Å². The minimum Gasteiger partial charge on any atom is -0.390 e. The highest BCUT2D eigenvalue weighted by molar-refractivity contribution is 6.29. The van der Waals surface area contributed by atoms with Crippen LogP contribution in [0, 0.1) is 0 Å². The van der Waals surface area contributed by atoms with Crippen molar-refractivity contribution in [1.82, 2.24) is 9.88 Å². The molecular weight excluding hydrogens is 276 g/mol. The SMILES string of the molecule is CC(C)c1cc(C(=O)N2CCC(C)(O)CC2)cc(Cl)n1. The van der Waals surface area contributed by atoms with Crippen LogP contribution in [0.5, 0.6) is 0 Å². The number of nitrogens with zero attached hydrogens (tertiary/aromatic N) is 2. The van der Waals surface area contributed by atoms with Gasteiger partial charge in [-0.15, -0.1) is 0 Å². The number of amides is 1. The number of aromatic nitrogens is 1. The highest BCUT2D eigenvalue weighted by Gasteiger charge is 2.30. The number of hydrogen-bond acceptors (Lipinski definition) is 3. The van der Waals surface area contributed by atoms with E-state index >= 15 is 0 Å². The largest absolute Gasteiger partial charge is 0.390 e. The van der Waals surface area contributed by atoms with Crippen LogP contribution in [-0.2, 0) is 0 Å². The number of carbonyl (C=O) groups is 1. The van der Waals surface area contributed by atoms with Crippen molar-refractivity contribution in [1.29, 1.82) is 0 Å². The van der Waals surface area contributed by atoms with Gasteiger partial charge in [0, 0.05) is 24.3 Å². The highest BCUT2D eigenvalue weighted by atomic mass is 35.5. The lowest BCUT2D eigenvalue weighted by Crippen LogP contribution is -2.45. The van der Waals surface area contributed by atoms with Gasteiger partial charge in [-0.1, -0.05) is 25.4 Å². The second-order valence-electron chi connectivity index (χ2n) is 6.05. The fraction of sp³-hybridized carbons (Fsp3) is 0.600. The number of rotatable bonds is 2. The molecule has 2 rings (SSSR count). The molecule has 0 atom stereocenters. The minimum absolute atomic E-state index is 0.0355. The van der Waals surface area contributed by atoms with Gasteiger partial charge in [-0.05, 0) is 37.8 Å². The van der Waals surface area contributed by atoms with E-state index in [1.165, 1.54) is 0 Å². The maximum Gasteiger partial charge on any atom is 0.254 e. The molecule has 1 saturated heterocycles. The number of piperidine rings is 1. The normalized spacial score (nSPS) is 18.4. The Kier molecular flexibility index (Phi) is 4.35. The first-order valence-corrected chi connectivity index (χ1v) is 7.35. The Morgan fingerprint density at radius 2 is 2.00 bits per heavy atom. The van der Waals surface area contributed by atoms with Gasteiger partial charge in [0.05, 0.1) is 5.60 Å². The molecule has 110 valence electrons. The van der Waals surface area contributed by atoms with Gasteiger partial charge in [0.2, 0.25) is 0 Å². The van der Waals surface area contributed by atoms with Crippen LogP contribution >= 0.6 is 11.6 Å². The van der Waals surface area contributed by atoms with Crippen LogP contribution in [-0.4, -0.2) is 39.6 Å². The predicted octanol–water partition coefficient (Wildman–Crippen LogP) is 2.85. The van der Waals surface area contributed by atoms with E-state index in [0.717, 1.165) is 5.69 Å². The lowest BCUT2D eigenvalue weighted by atomic mass is 9.93. The molecular formula is C15H21ClN2O2. The van der Waals surface area contributed by atoms with Crippen molar-refractivity contribution in [3.63, 3.8) is 0 Å². The summed E-state index contributed by atoms with van der Waals surface area (Å²) in [4.78, 5) is 18.5. The molecule has 1 aromatic rings. The third-order valence-electron chi connectivity index (χ3n) is 3.78. The van der Waals surface area contributed by atoms with Crippen molar-refractivity contribution in [3.05, 3.63) is 28.5 Å². The van der Waals surface area contributed by atoms with Gasteiger partial charge in [-0.25, -0.2) is 4.98 Å². The molecule has 0 aromatic carbocycles. The first-order valence-electron chi connectivity index (χ1n) is 6.98. The topological polar surface area (TPSA) is 53.4 Å². The summed E-state index contributed by atoms with van der Waals surface area (Å²) in [6.45, 7) is 7.00. The van der Waals surface area contributed by atoms with Crippen molar-refractivity contribution in [2.24, 2.45) is 0 Å². The van der Waals surface area contributed by atoms with Crippen molar-refractivity contribution in [2.75, 3.05) is 13.1 Å². The standard InChI is InChI=1S/C15H21ClN2O2/c1-10(2)12-8-11(9-13(16)17-12)14(19)18-6-4-15(3,20)5-7-18/h8-10,20H,4-7H2,1-3H3. The zero-order valence-corrected chi connectivity index (χ0v) is 12.9. The summed E-state index contributed by atoms with van der Waals surface area (Å²) in [5, 5.41) is 10.3. The monoisotopic (exact) mass is 296 g/mol. The van der Waals surface area contributed by atoms with E-state index in [9.17, 15) is 9.90 Å². The number of halogens is 1.